The fourth-order valence-corrected chi connectivity index (χ4v) is 3.25. The molecule has 2 aromatic rings. The van der Waals surface area contributed by atoms with Crippen molar-refractivity contribution in [1.29, 1.82) is 0 Å². The Bertz CT molecular complexity index is 935. The van der Waals surface area contributed by atoms with E-state index in [-0.39, 0.29) is 5.11 Å². The molecule has 1 atom stereocenters. The standard InChI is InChI=1S/C21H21N3O2S/c1-4-15-6-8-16(9-7-15)24-20(26)17(19(25)23-21(24)27)12-22-18-10-5-13(2)11-14(18)3/h5-12,17H,4H2,1-3H3,(H,23,25,27). The van der Waals surface area contributed by atoms with Crippen molar-refractivity contribution in [2.75, 3.05) is 4.90 Å². The summed E-state index contributed by atoms with van der Waals surface area (Å²) in [5.74, 6) is -1.88. The third kappa shape index (κ3) is 3.95. The number of rotatable bonds is 4. The summed E-state index contributed by atoms with van der Waals surface area (Å²) in [6, 6.07) is 13.4. The maximum Gasteiger partial charge on any atom is 0.251 e. The number of carbonyl (C=O) groups is 2. The van der Waals surface area contributed by atoms with E-state index in [4.69, 9.17) is 12.2 Å². The highest BCUT2D eigenvalue weighted by Crippen LogP contribution is 2.23. The van der Waals surface area contributed by atoms with Gasteiger partial charge in [-0.15, -0.1) is 0 Å². The number of nitrogens with zero attached hydrogens (tertiary/aromatic N) is 2. The first-order valence-electron chi connectivity index (χ1n) is 8.80. The van der Waals surface area contributed by atoms with Crippen molar-refractivity contribution in [1.82, 2.24) is 5.32 Å². The summed E-state index contributed by atoms with van der Waals surface area (Å²) in [4.78, 5) is 31.0. The van der Waals surface area contributed by atoms with E-state index in [1.165, 1.54) is 11.1 Å². The Morgan fingerprint density at radius 3 is 2.48 bits per heavy atom. The lowest BCUT2D eigenvalue weighted by Crippen LogP contribution is -2.58. The van der Waals surface area contributed by atoms with Crippen LogP contribution in [0.4, 0.5) is 11.4 Å². The van der Waals surface area contributed by atoms with Gasteiger partial charge in [-0.25, -0.2) is 0 Å². The van der Waals surface area contributed by atoms with Crippen LogP contribution in [0.1, 0.15) is 23.6 Å². The summed E-state index contributed by atoms with van der Waals surface area (Å²) in [6.07, 6.45) is 2.30. The van der Waals surface area contributed by atoms with Gasteiger partial charge in [-0.1, -0.05) is 36.8 Å². The minimum absolute atomic E-state index is 0.0883. The number of aliphatic imine (C=N–C) groups is 1. The average molecular weight is 379 g/mol. The quantitative estimate of drug-likeness (QED) is 0.501. The van der Waals surface area contributed by atoms with Crippen LogP contribution in [0.3, 0.4) is 0 Å². The van der Waals surface area contributed by atoms with E-state index in [0.29, 0.717) is 5.69 Å². The Kier molecular flexibility index (Phi) is 5.46. The summed E-state index contributed by atoms with van der Waals surface area (Å²) >= 11 is 5.22. The Morgan fingerprint density at radius 1 is 1.15 bits per heavy atom. The van der Waals surface area contributed by atoms with Crippen molar-refractivity contribution in [2.45, 2.75) is 27.2 Å². The Balaban J connectivity index is 1.88. The van der Waals surface area contributed by atoms with E-state index in [2.05, 4.69) is 17.2 Å². The molecule has 5 nitrogen and oxygen atoms in total. The highest BCUT2D eigenvalue weighted by atomic mass is 32.1. The van der Waals surface area contributed by atoms with Gasteiger partial charge < -0.3 is 5.32 Å². The van der Waals surface area contributed by atoms with E-state index in [0.717, 1.165) is 28.8 Å². The topological polar surface area (TPSA) is 61.8 Å². The van der Waals surface area contributed by atoms with Crippen LogP contribution in [0.2, 0.25) is 0 Å². The number of anilines is 1. The lowest BCUT2D eigenvalue weighted by atomic mass is 10.0. The smallest absolute Gasteiger partial charge is 0.251 e. The number of hydrogen-bond donors (Lipinski definition) is 1. The molecule has 1 heterocycles. The van der Waals surface area contributed by atoms with Gasteiger partial charge in [0.2, 0.25) is 5.91 Å². The van der Waals surface area contributed by atoms with Gasteiger partial charge in [-0.05, 0) is 61.8 Å². The van der Waals surface area contributed by atoms with Crippen molar-refractivity contribution in [2.24, 2.45) is 10.9 Å². The second kappa shape index (κ2) is 7.80. The molecule has 1 aliphatic rings. The summed E-state index contributed by atoms with van der Waals surface area (Å²) in [7, 11) is 0. The van der Waals surface area contributed by atoms with E-state index < -0.39 is 17.7 Å². The molecule has 0 saturated carbocycles. The molecule has 6 heteroatoms. The van der Waals surface area contributed by atoms with Crippen molar-refractivity contribution in [3.05, 3.63) is 59.2 Å². The maximum absolute atomic E-state index is 12.9. The molecule has 1 fully saturated rings. The van der Waals surface area contributed by atoms with Crippen molar-refractivity contribution in [3.8, 4) is 0 Å². The number of aryl methyl sites for hydroxylation is 3. The third-order valence-electron chi connectivity index (χ3n) is 4.52. The van der Waals surface area contributed by atoms with Gasteiger partial charge in [0, 0.05) is 6.21 Å². The molecule has 1 aliphatic heterocycles. The zero-order valence-corrected chi connectivity index (χ0v) is 16.3. The number of nitrogens with one attached hydrogen (secondary N) is 1. The molecule has 0 aliphatic carbocycles. The first kappa shape index (κ1) is 18.9. The van der Waals surface area contributed by atoms with Gasteiger partial charge in [0.15, 0.2) is 11.0 Å². The van der Waals surface area contributed by atoms with Gasteiger partial charge in [0.25, 0.3) is 5.91 Å². The molecule has 0 spiro atoms. The SMILES string of the molecule is CCc1ccc(N2C(=O)C(C=Nc3ccc(C)cc3C)C(=O)NC2=S)cc1. The molecule has 1 N–H and O–H groups in total. The zero-order valence-electron chi connectivity index (χ0n) is 15.5. The first-order valence-corrected chi connectivity index (χ1v) is 9.20. The van der Waals surface area contributed by atoms with Gasteiger partial charge in [0.1, 0.15) is 0 Å². The molecule has 0 bridgehead atoms. The molecular weight excluding hydrogens is 358 g/mol. The summed E-state index contributed by atoms with van der Waals surface area (Å²) < 4.78 is 0. The zero-order chi connectivity index (χ0) is 19.6. The maximum atomic E-state index is 12.9. The molecule has 2 aromatic carbocycles. The van der Waals surface area contributed by atoms with E-state index in [1.54, 1.807) is 0 Å². The van der Waals surface area contributed by atoms with Crippen LogP contribution in [-0.4, -0.2) is 23.1 Å². The minimum Gasteiger partial charge on any atom is -0.301 e. The normalized spacial score (nSPS) is 17.5. The van der Waals surface area contributed by atoms with Gasteiger partial charge in [-0.3, -0.25) is 19.5 Å². The number of benzene rings is 2. The van der Waals surface area contributed by atoms with Crippen LogP contribution in [0.25, 0.3) is 0 Å². The highest BCUT2D eigenvalue weighted by Gasteiger charge is 2.38. The van der Waals surface area contributed by atoms with Crippen LogP contribution in [0.5, 0.6) is 0 Å². The molecule has 27 heavy (non-hydrogen) atoms. The third-order valence-corrected chi connectivity index (χ3v) is 4.80. The van der Waals surface area contributed by atoms with E-state index in [9.17, 15) is 9.59 Å². The summed E-state index contributed by atoms with van der Waals surface area (Å²) in [5.41, 5.74) is 4.63. The van der Waals surface area contributed by atoms with Crippen molar-refractivity contribution < 1.29 is 9.59 Å². The molecule has 0 aromatic heterocycles. The van der Waals surface area contributed by atoms with E-state index >= 15 is 0 Å². The molecule has 0 radical (unpaired) electrons. The lowest BCUT2D eigenvalue weighted by Gasteiger charge is -2.31. The molecule has 1 saturated heterocycles. The Hall–Kier alpha value is -2.86. The highest BCUT2D eigenvalue weighted by molar-refractivity contribution is 7.80. The first-order chi connectivity index (χ1) is 12.9. The van der Waals surface area contributed by atoms with Crippen LogP contribution in [0, 0.1) is 19.8 Å². The Labute approximate surface area is 164 Å². The van der Waals surface area contributed by atoms with Gasteiger partial charge in [0.05, 0.1) is 11.4 Å². The fraction of sp³-hybridized carbons (Fsp3) is 0.238. The van der Waals surface area contributed by atoms with E-state index in [1.807, 2.05) is 56.3 Å². The lowest BCUT2D eigenvalue weighted by molar-refractivity contribution is -0.130. The number of amides is 2. The van der Waals surface area contributed by atoms with Gasteiger partial charge in [-0.2, -0.15) is 0 Å². The second-order valence-corrected chi connectivity index (χ2v) is 6.92. The minimum atomic E-state index is -1.02. The van der Waals surface area contributed by atoms with Crippen LogP contribution in [0.15, 0.2) is 47.5 Å². The number of carbonyl (C=O) groups excluding carboxylic acids is 2. The van der Waals surface area contributed by atoms with Gasteiger partial charge >= 0.3 is 0 Å². The molecular formula is C21H21N3O2S. The average Bonchev–Trinajstić information content (AvgIpc) is 2.63. The van der Waals surface area contributed by atoms with Crippen molar-refractivity contribution in [3.63, 3.8) is 0 Å². The monoisotopic (exact) mass is 379 g/mol. The summed E-state index contributed by atoms with van der Waals surface area (Å²) in [5, 5.41) is 2.69. The predicted octanol–water partition coefficient (Wildman–Crippen LogP) is 3.63. The van der Waals surface area contributed by atoms with Crippen molar-refractivity contribution >= 4 is 46.7 Å². The predicted molar refractivity (Wildman–Crippen MR) is 112 cm³/mol. The summed E-state index contributed by atoms with van der Waals surface area (Å²) in [6.45, 7) is 6.01. The molecule has 2 amide bonds. The Morgan fingerprint density at radius 2 is 1.85 bits per heavy atom. The van der Waals surface area contributed by atoms with Crippen LogP contribution in [-0.2, 0) is 16.0 Å². The van der Waals surface area contributed by atoms with Crippen LogP contribution >= 0.6 is 12.2 Å². The largest absolute Gasteiger partial charge is 0.301 e. The molecule has 138 valence electrons. The molecule has 1 unspecified atom stereocenters. The van der Waals surface area contributed by atoms with Crippen LogP contribution < -0.4 is 10.2 Å². The number of thiocarbonyl (C=S) groups is 1. The fourth-order valence-electron chi connectivity index (χ4n) is 2.95. The second-order valence-electron chi connectivity index (χ2n) is 6.53. The molecule has 3 rings (SSSR count). The number of hydrogen-bond acceptors (Lipinski definition) is 4.